The summed E-state index contributed by atoms with van der Waals surface area (Å²) in [5.74, 6) is -0.280. The standard InChI is InChI=1S/C14H11Cl2N5OS/c15-10-5-11(16)7-12(6-10)18-13(22)8-20-14(23)21(9-17-20)19-3-1-2-4-19/h1-7,9H,8H2,(H,18,22). The van der Waals surface area contributed by atoms with E-state index in [4.69, 9.17) is 35.4 Å². The van der Waals surface area contributed by atoms with Crippen LogP contribution >= 0.6 is 35.4 Å². The van der Waals surface area contributed by atoms with Crippen molar-refractivity contribution in [2.24, 2.45) is 0 Å². The van der Waals surface area contributed by atoms with E-state index in [0.29, 0.717) is 20.5 Å². The van der Waals surface area contributed by atoms with Crippen molar-refractivity contribution >= 4 is 47.0 Å². The van der Waals surface area contributed by atoms with Crippen molar-refractivity contribution in [3.05, 3.63) is 63.9 Å². The Morgan fingerprint density at radius 1 is 1.17 bits per heavy atom. The zero-order valence-electron chi connectivity index (χ0n) is 11.7. The van der Waals surface area contributed by atoms with Crippen LogP contribution in [0.1, 0.15) is 0 Å². The van der Waals surface area contributed by atoms with Crippen LogP contribution in [0.4, 0.5) is 5.69 Å². The van der Waals surface area contributed by atoms with Gasteiger partial charge in [-0.15, -0.1) is 0 Å². The first-order chi connectivity index (χ1) is 11.0. The maximum atomic E-state index is 12.1. The highest BCUT2D eigenvalue weighted by atomic mass is 35.5. The van der Waals surface area contributed by atoms with Gasteiger partial charge in [0.05, 0.1) is 0 Å². The normalized spacial score (nSPS) is 10.7. The summed E-state index contributed by atoms with van der Waals surface area (Å²) in [4.78, 5) is 12.1. The second-order valence-electron chi connectivity index (χ2n) is 4.69. The van der Waals surface area contributed by atoms with Crippen molar-refractivity contribution in [2.75, 3.05) is 5.32 Å². The van der Waals surface area contributed by atoms with Crippen molar-refractivity contribution in [3.8, 4) is 0 Å². The quantitative estimate of drug-likeness (QED) is 0.718. The molecule has 9 heteroatoms. The third-order valence-electron chi connectivity index (χ3n) is 2.99. The van der Waals surface area contributed by atoms with Gasteiger partial charge in [0.25, 0.3) is 0 Å². The van der Waals surface area contributed by atoms with E-state index in [-0.39, 0.29) is 12.5 Å². The second-order valence-corrected chi connectivity index (χ2v) is 5.92. The average Bonchev–Trinajstić information content (AvgIpc) is 3.08. The zero-order chi connectivity index (χ0) is 16.4. The Bertz CT molecular complexity index is 880. The third kappa shape index (κ3) is 3.64. The molecule has 3 aromatic rings. The Balaban J connectivity index is 1.75. The number of nitrogens with one attached hydrogen (secondary N) is 1. The Labute approximate surface area is 146 Å². The number of carbonyl (C=O) groups excluding carboxylic acids is 1. The second kappa shape index (κ2) is 6.57. The lowest BCUT2D eigenvalue weighted by Gasteiger charge is -2.07. The number of anilines is 1. The van der Waals surface area contributed by atoms with E-state index in [1.165, 1.54) is 4.68 Å². The number of amides is 1. The molecule has 1 amide bonds. The Morgan fingerprint density at radius 2 is 1.83 bits per heavy atom. The maximum absolute atomic E-state index is 12.1. The Morgan fingerprint density at radius 3 is 2.48 bits per heavy atom. The summed E-state index contributed by atoms with van der Waals surface area (Å²) in [7, 11) is 0. The molecule has 0 aliphatic heterocycles. The molecule has 0 saturated carbocycles. The fraction of sp³-hybridized carbons (Fsp3) is 0.0714. The first-order valence-corrected chi connectivity index (χ1v) is 7.73. The summed E-state index contributed by atoms with van der Waals surface area (Å²) in [6.45, 7) is -0.0166. The SMILES string of the molecule is O=C(Cn1ncn(-n2cccc2)c1=S)Nc1cc(Cl)cc(Cl)c1. The van der Waals surface area contributed by atoms with Crippen LogP contribution in [0.25, 0.3) is 0 Å². The molecule has 3 rings (SSSR count). The van der Waals surface area contributed by atoms with Gasteiger partial charge in [-0.2, -0.15) is 5.10 Å². The lowest BCUT2D eigenvalue weighted by molar-refractivity contribution is -0.116. The monoisotopic (exact) mass is 367 g/mol. The predicted molar refractivity (Wildman–Crippen MR) is 91.4 cm³/mol. The van der Waals surface area contributed by atoms with Gasteiger partial charge in [-0.05, 0) is 42.5 Å². The zero-order valence-corrected chi connectivity index (χ0v) is 14.0. The minimum absolute atomic E-state index is 0.0166. The van der Waals surface area contributed by atoms with Crippen molar-refractivity contribution in [1.29, 1.82) is 0 Å². The topological polar surface area (TPSA) is 56.8 Å². The van der Waals surface area contributed by atoms with Gasteiger partial charge < -0.3 is 5.32 Å². The molecule has 0 bridgehead atoms. The van der Waals surface area contributed by atoms with E-state index in [9.17, 15) is 4.79 Å². The van der Waals surface area contributed by atoms with Gasteiger partial charge in [0.15, 0.2) is 0 Å². The van der Waals surface area contributed by atoms with Crippen molar-refractivity contribution in [1.82, 2.24) is 19.1 Å². The van der Waals surface area contributed by atoms with Gasteiger partial charge >= 0.3 is 0 Å². The molecule has 0 aliphatic rings. The number of benzene rings is 1. The van der Waals surface area contributed by atoms with Crippen LogP contribution in [0.5, 0.6) is 0 Å². The minimum Gasteiger partial charge on any atom is -0.324 e. The molecule has 0 aliphatic carbocycles. The summed E-state index contributed by atoms with van der Waals surface area (Å²) in [5.41, 5.74) is 0.517. The van der Waals surface area contributed by atoms with Crippen LogP contribution < -0.4 is 5.32 Å². The molecule has 0 unspecified atom stereocenters. The Hall–Kier alpha value is -2.09. The molecule has 6 nitrogen and oxygen atoms in total. The maximum Gasteiger partial charge on any atom is 0.246 e. The lowest BCUT2D eigenvalue weighted by Crippen LogP contribution is -2.20. The number of nitrogens with zero attached hydrogens (tertiary/aromatic N) is 4. The molecule has 118 valence electrons. The van der Waals surface area contributed by atoms with Gasteiger partial charge in [0.1, 0.15) is 12.9 Å². The van der Waals surface area contributed by atoms with E-state index in [1.54, 1.807) is 33.9 Å². The molecule has 2 heterocycles. The average molecular weight is 368 g/mol. The first-order valence-electron chi connectivity index (χ1n) is 6.57. The fourth-order valence-corrected chi connectivity index (χ4v) is 2.81. The van der Waals surface area contributed by atoms with E-state index in [1.807, 2.05) is 24.5 Å². The Kier molecular flexibility index (Phi) is 4.51. The molecule has 1 N–H and O–H groups in total. The van der Waals surface area contributed by atoms with E-state index in [2.05, 4.69) is 10.4 Å². The number of halogens is 2. The van der Waals surface area contributed by atoms with Crippen molar-refractivity contribution in [3.63, 3.8) is 0 Å². The number of hydrogen-bond donors (Lipinski definition) is 1. The van der Waals surface area contributed by atoms with Gasteiger partial charge in [-0.25, -0.2) is 9.36 Å². The fourth-order valence-electron chi connectivity index (χ4n) is 2.03. The van der Waals surface area contributed by atoms with Crippen molar-refractivity contribution in [2.45, 2.75) is 6.54 Å². The summed E-state index contributed by atoms with van der Waals surface area (Å²) in [6.07, 6.45) is 5.21. The molecule has 23 heavy (non-hydrogen) atoms. The number of aromatic nitrogens is 4. The summed E-state index contributed by atoms with van der Waals surface area (Å²) >= 11 is 17.1. The van der Waals surface area contributed by atoms with Crippen LogP contribution in [0.3, 0.4) is 0 Å². The van der Waals surface area contributed by atoms with Gasteiger partial charge in [-0.3, -0.25) is 9.47 Å². The first kappa shape index (κ1) is 15.8. The highest BCUT2D eigenvalue weighted by Crippen LogP contribution is 2.22. The molecule has 1 aromatic carbocycles. The smallest absolute Gasteiger partial charge is 0.246 e. The van der Waals surface area contributed by atoms with Gasteiger partial charge in [0, 0.05) is 28.1 Å². The van der Waals surface area contributed by atoms with Crippen molar-refractivity contribution < 1.29 is 4.79 Å². The van der Waals surface area contributed by atoms with E-state index < -0.39 is 0 Å². The molecule has 0 radical (unpaired) electrons. The van der Waals surface area contributed by atoms with Gasteiger partial charge in [0.2, 0.25) is 10.7 Å². The molecule has 0 atom stereocenters. The largest absolute Gasteiger partial charge is 0.324 e. The summed E-state index contributed by atoms with van der Waals surface area (Å²) < 4.78 is 5.25. The van der Waals surface area contributed by atoms with Crippen LogP contribution in [0.15, 0.2) is 49.1 Å². The number of hydrogen-bond acceptors (Lipinski definition) is 3. The van der Waals surface area contributed by atoms with E-state index in [0.717, 1.165) is 0 Å². The summed E-state index contributed by atoms with van der Waals surface area (Å²) in [5, 5.41) is 7.73. The molecule has 0 saturated heterocycles. The van der Waals surface area contributed by atoms with Crippen LogP contribution in [-0.2, 0) is 11.3 Å². The van der Waals surface area contributed by atoms with Crippen LogP contribution in [0, 0.1) is 4.77 Å². The minimum atomic E-state index is -0.280. The van der Waals surface area contributed by atoms with Crippen LogP contribution in [0.2, 0.25) is 10.0 Å². The number of rotatable bonds is 4. The highest BCUT2D eigenvalue weighted by Gasteiger charge is 2.09. The molecule has 0 spiro atoms. The molecule has 0 fully saturated rings. The third-order valence-corrected chi connectivity index (χ3v) is 3.83. The number of carbonyl (C=O) groups is 1. The molecular formula is C14H11Cl2N5OS. The van der Waals surface area contributed by atoms with E-state index >= 15 is 0 Å². The van der Waals surface area contributed by atoms with Gasteiger partial charge in [-0.1, -0.05) is 23.2 Å². The summed E-state index contributed by atoms with van der Waals surface area (Å²) in [6, 6.07) is 8.56. The predicted octanol–water partition coefficient (Wildman–Crippen LogP) is 3.47. The highest BCUT2D eigenvalue weighted by molar-refractivity contribution is 7.71. The molecular weight excluding hydrogens is 357 g/mol. The molecule has 2 aromatic heterocycles. The lowest BCUT2D eigenvalue weighted by atomic mass is 10.3. The van der Waals surface area contributed by atoms with Crippen LogP contribution in [-0.4, -0.2) is 25.0 Å².